The minimum Gasteiger partial charge on any atom is 0 e. The SMILES string of the molecule is [GeH4].[Mo].[Mo].[Mo]. The van der Waals surface area contributed by atoms with Crippen LogP contribution in [0.3, 0.4) is 0 Å². The van der Waals surface area contributed by atoms with Gasteiger partial charge in [-0.1, -0.05) is 0 Å². The monoisotopic (exact) mass is 372 g/mol. The molecule has 0 atom stereocenters. The van der Waals surface area contributed by atoms with Crippen LogP contribution in [0.4, 0.5) is 0 Å². The second-order valence-electron chi connectivity index (χ2n) is 0. The van der Waals surface area contributed by atoms with Gasteiger partial charge in [-0.15, -0.1) is 0 Å². The van der Waals surface area contributed by atoms with Crippen molar-refractivity contribution >= 4 is 17.6 Å². The van der Waals surface area contributed by atoms with E-state index in [0.29, 0.717) is 0 Å². The van der Waals surface area contributed by atoms with Gasteiger partial charge in [0.05, 0.1) is 0 Å². The summed E-state index contributed by atoms with van der Waals surface area (Å²) in [6.07, 6.45) is 0. The molecule has 0 spiro atoms. The van der Waals surface area contributed by atoms with Crippen molar-refractivity contribution in [2.45, 2.75) is 0 Å². The van der Waals surface area contributed by atoms with E-state index >= 15 is 0 Å². The first-order chi connectivity index (χ1) is 0. The molecule has 0 rings (SSSR count). The Balaban J connectivity index is 0. The van der Waals surface area contributed by atoms with Crippen molar-refractivity contribution in [2.75, 3.05) is 0 Å². The smallest absolute Gasteiger partial charge is 0 e. The van der Waals surface area contributed by atoms with E-state index in [4.69, 9.17) is 0 Å². The standard InChI is InChI=1S/GeH4.3Mo/h1H4;;;. The van der Waals surface area contributed by atoms with Gasteiger partial charge in [-0.2, -0.15) is 0 Å². The second-order valence-corrected chi connectivity index (χ2v) is 0. The molecule has 0 saturated carbocycles. The minimum absolute atomic E-state index is 0. The van der Waals surface area contributed by atoms with E-state index < -0.39 is 0 Å². The van der Waals surface area contributed by atoms with Gasteiger partial charge in [-0.05, 0) is 0 Å². The van der Waals surface area contributed by atoms with Crippen molar-refractivity contribution in [3.8, 4) is 0 Å². The normalized spacial score (nSPS) is 0. The molecule has 0 aliphatic carbocycles. The first kappa shape index (κ1) is 30.6. The van der Waals surface area contributed by atoms with E-state index in [1.54, 1.807) is 0 Å². The zero-order valence-electron chi connectivity index (χ0n) is 1.22. The third kappa shape index (κ3) is 8.82. The van der Waals surface area contributed by atoms with Crippen molar-refractivity contribution < 1.29 is 63.2 Å². The summed E-state index contributed by atoms with van der Waals surface area (Å²) in [5.41, 5.74) is 0. The van der Waals surface area contributed by atoms with E-state index in [1.807, 2.05) is 0 Å². The molecule has 4 heavy (non-hydrogen) atoms. The molecule has 0 bridgehead atoms. The van der Waals surface area contributed by atoms with Gasteiger partial charge in [0.15, 0.2) is 0 Å². The molecule has 0 unspecified atom stereocenters. The fourth-order valence-electron chi connectivity index (χ4n) is 0. The zero-order valence-corrected chi connectivity index (χ0v) is 7.25. The summed E-state index contributed by atoms with van der Waals surface area (Å²) in [4.78, 5) is 0. The predicted molar refractivity (Wildman–Crippen MR) is 11.3 cm³/mol. The van der Waals surface area contributed by atoms with Gasteiger partial charge >= 0.3 is 17.6 Å². The Morgan fingerprint density at radius 3 is 0.500 bits per heavy atom. The Kier molecular flexibility index (Phi) is 134. The van der Waals surface area contributed by atoms with Crippen molar-refractivity contribution in [2.24, 2.45) is 0 Å². The van der Waals surface area contributed by atoms with Crippen LogP contribution in [0, 0.1) is 0 Å². The van der Waals surface area contributed by atoms with Crippen LogP contribution in [0.5, 0.6) is 0 Å². The molecular weight excluding hydrogens is 360 g/mol. The first-order valence-corrected chi connectivity index (χ1v) is 0. The summed E-state index contributed by atoms with van der Waals surface area (Å²) in [6, 6.07) is 0. The van der Waals surface area contributed by atoms with Crippen LogP contribution >= 0.6 is 0 Å². The fraction of sp³-hybridized carbons (Fsp3) is 0. The summed E-state index contributed by atoms with van der Waals surface area (Å²) in [7, 11) is 0. The molecule has 26 valence electrons. The van der Waals surface area contributed by atoms with Crippen LogP contribution in [0.25, 0.3) is 0 Å². The van der Waals surface area contributed by atoms with Gasteiger partial charge in [0, 0.05) is 63.2 Å². The van der Waals surface area contributed by atoms with Gasteiger partial charge in [0.1, 0.15) is 0 Å². The molecule has 0 N–H and O–H groups in total. The maximum absolute atomic E-state index is 0. The van der Waals surface area contributed by atoms with Crippen molar-refractivity contribution in [1.82, 2.24) is 0 Å². The molecule has 0 aliphatic heterocycles. The molecular formula is H4GeMo3. The van der Waals surface area contributed by atoms with Crippen molar-refractivity contribution in [1.29, 1.82) is 0 Å². The molecule has 4 heteroatoms. The fourth-order valence-corrected chi connectivity index (χ4v) is 0. The molecule has 0 fully saturated rings. The zero-order chi connectivity index (χ0) is 0. The van der Waals surface area contributed by atoms with Gasteiger partial charge in [-0.25, -0.2) is 0 Å². The predicted octanol–water partition coefficient (Wildman–Crippen LogP) is -1.46. The van der Waals surface area contributed by atoms with Crippen LogP contribution in [0.15, 0.2) is 0 Å². The summed E-state index contributed by atoms with van der Waals surface area (Å²) >= 11 is 0. The van der Waals surface area contributed by atoms with Gasteiger partial charge in [0.2, 0.25) is 0 Å². The molecule has 0 aromatic rings. The first-order valence-electron chi connectivity index (χ1n) is 0. The van der Waals surface area contributed by atoms with E-state index in [1.165, 1.54) is 0 Å². The topological polar surface area (TPSA) is 0 Å². The molecule has 0 saturated heterocycles. The Bertz CT molecular complexity index is 3.25. The number of hydrogen-bond acceptors (Lipinski definition) is 0. The van der Waals surface area contributed by atoms with E-state index in [-0.39, 0.29) is 80.8 Å². The second kappa shape index (κ2) is 17.5. The molecule has 0 amide bonds. The summed E-state index contributed by atoms with van der Waals surface area (Å²) in [5, 5.41) is 0. The molecule has 0 aromatic heterocycles. The third-order valence-corrected chi connectivity index (χ3v) is 0. The summed E-state index contributed by atoms with van der Waals surface area (Å²) in [6.45, 7) is 0. The van der Waals surface area contributed by atoms with E-state index in [9.17, 15) is 0 Å². The van der Waals surface area contributed by atoms with Crippen LogP contribution in [-0.4, -0.2) is 17.6 Å². The van der Waals surface area contributed by atoms with Crippen LogP contribution < -0.4 is 0 Å². The van der Waals surface area contributed by atoms with Crippen molar-refractivity contribution in [3.63, 3.8) is 0 Å². The van der Waals surface area contributed by atoms with Gasteiger partial charge < -0.3 is 0 Å². The van der Waals surface area contributed by atoms with Crippen LogP contribution in [-0.2, 0) is 63.2 Å². The molecule has 0 heterocycles. The minimum atomic E-state index is 0. The van der Waals surface area contributed by atoms with Crippen LogP contribution in [0.1, 0.15) is 0 Å². The molecule has 0 nitrogen and oxygen atoms in total. The van der Waals surface area contributed by atoms with E-state index in [2.05, 4.69) is 0 Å². The Morgan fingerprint density at radius 1 is 0.500 bits per heavy atom. The largest absolute Gasteiger partial charge is 0 e. The molecule has 0 aliphatic rings. The maximum Gasteiger partial charge on any atom is 0 e. The third-order valence-electron chi connectivity index (χ3n) is 0. The average Bonchev–Trinajstić information content (AvgIpc) is 0. The van der Waals surface area contributed by atoms with Gasteiger partial charge in [0.25, 0.3) is 0 Å². The van der Waals surface area contributed by atoms with Crippen molar-refractivity contribution in [3.05, 3.63) is 0 Å². The Labute approximate surface area is 79.6 Å². The number of hydrogen-bond donors (Lipinski definition) is 0. The van der Waals surface area contributed by atoms with Gasteiger partial charge in [-0.3, -0.25) is 0 Å². The quantitative estimate of drug-likeness (QED) is 0.461. The summed E-state index contributed by atoms with van der Waals surface area (Å²) < 4.78 is 0. The summed E-state index contributed by atoms with van der Waals surface area (Å²) in [5.74, 6) is 0. The Hall–Kier alpha value is 2.61. The number of rotatable bonds is 0. The average molecular weight is 364 g/mol. The molecule has 0 radical (unpaired) electrons. The van der Waals surface area contributed by atoms with Crippen LogP contribution in [0.2, 0.25) is 0 Å². The maximum atomic E-state index is 0. The molecule has 0 aromatic carbocycles. The Morgan fingerprint density at radius 2 is 0.500 bits per heavy atom. The van der Waals surface area contributed by atoms with E-state index in [0.717, 1.165) is 0 Å².